The molecule has 0 amide bonds. The van der Waals surface area contributed by atoms with Gasteiger partial charge in [-0.3, -0.25) is 4.79 Å². The fourth-order valence-electron chi connectivity index (χ4n) is 9.54. The van der Waals surface area contributed by atoms with E-state index < -0.39 is 0 Å². The first kappa shape index (κ1) is 19.4. The highest BCUT2D eigenvalue weighted by atomic mass is 16.6. The van der Waals surface area contributed by atoms with Crippen molar-refractivity contribution in [1.82, 2.24) is 0 Å². The fourth-order valence-corrected chi connectivity index (χ4v) is 9.54. The van der Waals surface area contributed by atoms with Crippen molar-refractivity contribution in [1.29, 1.82) is 0 Å². The molecule has 0 radical (unpaired) electrons. The second-order valence-corrected chi connectivity index (χ2v) is 13.8. The lowest BCUT2D eigenvalue weighted by Gasteiger charge is -2.49. The SMILES string of the molecule is CC(C)(C)C1C2CC(C(=O)OC3(C)C4CC5CC(C4)C3C5)C(C2)C1C(C)(C)C. The highest BCUT2D eigenvalue weighted by Crippen LogP contribution is 2.66. The predicted molar refractivity (Wildman–Crippen MR) is 113 cm³/mol. The average Bonchev–Trinajstić information content (AvgIpc) is 3.26. The van der Waals surface area contributed by atoms with E-state index in [1.807, 2.05) is 0 Å². The van der Waals surface area contributed by atoms with Gasteiger partial charge in [-0.25, -0.2) is 0 Å². The van der Waals surface area contributed by atoms with Gasteiger partial charge in [0.25, 0.3) is 0 Å². The molecule has 2 heteroatoms. The van der Waals surface area contributed by atoms with Crippen LogP contribution < -0.4 is 0 Å². The third kappa shape index (κ3) is 2.61. The number of carbonyl (C=O) groups excluding carboxylic acids is 1. The molecular weight excluding hydrogens is 344 g/mol. The normalized spacial score (nSPS) is 51.9. The highest BCUT2D eigenvalue weighted by molar-refractivity contribution is 5.74. The second kappa shape index (κ2) is 5.79. The smallest absolute Gasteiger partial charge is 0.309 e. The zero-order chi connectivity index (χ0) is 20.2. The molecular formula is C26H42O2. The minimum Gasteiger partial charge on any atom is -0.459 e. The zero-order valence-corrected chi connectivity index (χ0v) is 19.3. The van der Waals surface area contributed by atoms with Crippen LogP contribution in [-0.2, 0) is 9.53 Å². The van der Waals surface area contributed by atoms with Gasteiger partial charge < -0.3 is 4.74 Å². The molecule has 6 bridgehead atoms. The lowest BCUT2D eigenvalue weighted by molar-refractivity contribution is -0.180. The van der Waals surface area contributed by atoms with Crippen LogP contribution in [0.25, 0.3) is 0 Å². The van der Waals surface area contributed by atoms with Crippen molar-refractivity contribution in [3.05, 3.63) is 0 Å². The molecule has 6 rings (SSSR count). The van der Waals surface area contributed by atoms with Gasteiger partial charge >= 0.3 is 5.97 Å². The Bertz CT molecular complexity index is 663. The molecule has 0 spiro atoms. The summed E-state index contributed by atoms with van der Waals surface area (Å²) in [7, 11) is 0. The summed E-state index contributed by atoms with van der Waals surface area (Å²) in [5, 5.41) is 0. The molecule has 0 aromatic heterocycles. The monoisotopic (exact) mass is 386 g/mol. The summed E-state index contributed by atoms with van der Waals surface area (Å²) in [6, 6.07) is 0. The van der Waals surface area contributed by atoms with Crippen molar-refractivity contribution in [3.63, 3.8) is 0 Å². The van der Waals surface area contributed by atoms with Crippen molar-refractivity contribution in [2.75, 3.05) is 0 Å². The Hall–Kier alpha value is -0.530. The molecule has 6 saturated carbocycles. The van der Waals surface area contributed by atoms with Gasteiger partial charge in [-0.15, -0.1) is 0 Å². The molecule has 6 fully saturated rings. The van der Waals surface area contributed by atoms with Crippen molar-refractivity contribution >= 4 is 5.97 Å². The maximum absolute atomic E-state index is 13.6. The van der Waals surface area contributed by atoms with Crippen LogP contribution in [0.15, 0.2) is 0 Å². The van der Waals surface area contributed by atoms with Gasteiger partial charge in [-0.1, -0.05) is 41.5 Å². The Morgan fingerprint density at radius 3 is 2.11 bits per heavy atom. The number of esters is 1. The van der Waals surface area contributed by atoms with Gasteiger partial charge in [0.15, 0.2) is 0 Å². The van der Waals surface area contributed by atoms with Gasteiger partial charge in [0.1, 0.15) is 5.60 Å². The maximum atomic E-state index is 13.6. The number of fused-ring (bicyclic) bond motifs is 2. The summed E-state index contributed by atoms with van der Waals surface area (Å²) in [4.78, 5) is 13.6. The molecule has 0 aromatic rings. The third-order valence-corrected chi connectivity index (χ3v) is 10.2. The molecule has 0 aromatic carbocycles. The van der Waals surface area contributed by atoms with Gasteiger partial charge in [0, 0.05) is 5.92 Å². The largest absolute Gasteiger partial charge is 0.459 e. The van der Waals surface area contributed by atoms with Gasteiger partial charge in [-0.05, 0) is 97.7 Å². The summed E-state index contributed by atoms with van der Waals surface area (Å²) in [5.41, 5.74) is 0.421. The van der Waals surface area contributed by atoms with Crippen LogP contribution in [0.2, 0.25) is 0 Å². The number of rotatable bonds is 2. The summed E-state index contributed by atoms with van der Waals surface area (Å²) in [6.45, 7) is 16.7. The lowest BCUT2D eigenvalue weighted by atomic mass is 9.57. The Balaban J connectivity index is 1.36. The van der Waals surface area contributed by atoms with Gasteiger partial charge in [0.05, 0.1) is 5.92 Å². The van der Waals surface area contributed by atoms with Crippen molar-refractivity contribution in [2.45, 2.75) is 92.6 Å². The van der Waals surface area contributed by atoms with E-state index in [0.717, 1.165) is 24.2 Å². The summed E-state index contributed by atoms with van der Waals surface area (Å²) < 4.78 is 6.54. The van der Waals surface area contributed by atoms with E-state index in [1.165, 1.54) is 32.1 Å². The lowest BCUT2D eigenvalue weighted by Crippen LogP contribution is -2.48. The van der Waals surface area contributed by atoms with E-state index in [2.05, 4.69) is 48.5 Å². The first-order chi connectivity index (χ1) is 12.9. The van der Waals surface area contributed by atoms with E-state index in [1.54, 1.807) is 0 Å². The Kier molecular flexibility index (Phi) is 4.02. The first-order valence-corrected chi connectivity index (χ1v) is 12.1. The van der Waals surface area contributed by atoms with E-state index in [4.69, 9.17) is 4.74 Å². The molecule has 10 atom stereocenters. The van der Waals surface area contributed by atoms with Crippen LogP contribution in [0.3, 0.4) is 0 Å². The number of carbonyl (C=O) groups is 1. The van der Waals surface area contributed by atoms with Crippen LogP contribution >= 0.6 is 0 Å². The standard InChI is InChI=1S/C26H42O2/c1-24(2,3)21-16-12-18(22(21)25(4,5)6)19(13-16)23(27)28-26(7)17-9-14-8-15(11-17)20(26)10-14/h14-22H,8-13H2,1-7H3. The minimum absolute atomic E-state index is 0.154. The molecule has 28 heavy (non-hydrogen) atoms. The van der Waals surface area contributed by atoms with E-state index in [0.29, 0.717) is 35.0 Å². The quantitative estimate of drug-likeness (QED) is 0.518. The molecule has 158 valence electrons. The molecule has 6 aliphatic rings. The topological polar surface area (TPSA) is 26.3 Å². The maximum Gasteiger partial charge on any atom is 0.309 e. The van der Waals surface area contributed by atoms with Gasteiger partial charge in [-0.2, -0.15) is 0 Å². The second-order valence-electron chi connectivity index (χ2n) is 13.8. The number of hydrogen-bond donors (Lipinski definition) is 0. The molecule has 2 nitrogen and oxygen atoms in total. The van der Waals surface area contributed by atoms with Crippen LogP contribution in [-0.4, -0.2) is 11.6 Å². The number of hydrogen-bond acceptors (Lipinski definition) is 2. The van der Waals surface area contributed by atoms with Crippen LogP contribution in [0.5, 0.6) is 0 Å². The average molecular weight is 387 g/mol. The van der Waals surface area contributed by atoms with Crippen LogP contribution in [0.4, 0.5) is 0 Å². The van der Waals surface area contributed by atoms with Crippen LogP contribution in [0, 0.1) is 64.1 Å². The molecule has 0 saturated heterocycles. The summed E-state index contributed by atoms with van der Waals surface area (Å²) in [5.74, 6) is 5.99. The van der Waals surface area contributed by atoms with E-state index >= 15 is 0 Å². The Labute approximate surface area is 172 Å². The third-order valence-electron chi connectivity index (χ3n) is 10.2. The Morgan fingerprint density at radius 1 is 0.821 bits per heavy atom. The molecule has 6 aliphatic carbocycles. The molecule has 10 unspecified atom stereocenters. The first-order valence-electron chi connectivity index (χ1n) is 12.1. The van der Waals surface area contributed by atoms with Crippen molar-refractivity contribution < 1.29 is 9.53 Å². The van der Waals surface area contributed by atoms with E-state index in [-0.39, 0.29) is 22.9 Å². The fraction of sp³-hybridized carbons (Fsp3) is 0.962. The Morgan fingerprint density at radius 2 is 1.50 bits per heavy atom. The van der Waals surface area contributed by atoms with Crippen molar-refractivity contribution in [2.24, 2.45) is 64.1 Å². The number of ether oxygens (including phenoxy) is 1. The molecule has 0 heterocycles. The molecule has 0 aliphatic heterocycles. The minimum atomic E-state index is -0.156. The van der Waals surface area contributed by atoms with Crippen molar-refractivity contribution in [3.8, 4) is 0 Å². The van der Waals surface area contributed by atoms with Crippen LogP contribution in [0.1, 0.15) is 87.0 Å². The van der Waals surface area contributed by atoms with E-state index in [9.17, 15) is 4.79 Å². The predicted octanol–water partition coefficient (Wildman–Crippen LogP) is 6.33. The zero-order valence-electron chi connectivity index (χ0n) is 19.3. The summed E-state index contributed by atoms with van der Waals surface area (Å²) >= 11 is 0. The summed E-state index contributed by atoms with van der Waals surface area (Å²) in [6.07, 6.45) is 7.68. The molecule has 0 N–H and O–H groups in total. The van der Waals surface area contributed by atoms with Gasteiger partial charge in [0.2, 0.25) is 0 Å². The highest BCUT2D eigenvalue weighted by Gasteiger charge is 2.64.